The van der Waals surface area contributed by atoms with Crippen LogP contribution in [0.25, 0.3) is 0 Å². The van der Waals surface area contributed by atoms with Gasteiger partial charge >= 0.3 is 23.8 Å². The van der Waals surface area contributed by atoms with Crippen LogP contribution in [-0.2, 0) is 19.2 Å². The van der Waals surface area contributed by atoms with E-state index in [0.29, 0.717) is 0 Å². The molecule has 0 bridgehead atoms. The van der Waals surface area contributed by atoms with Crippen molar-refractivity contribution in [1.82, 2.24) is 5.32 Å². The van der Waals surface area contributed by atoms with Crippen LogP contribution < -0.4 is 5.32 Å². The third-order valence-corrected chi connectivity index (χ3v) is 3.57. The number of nitrogens with zero attached hydrogens (tertiary/aromatic N) is 1. The zero-order valence-electron chi connectivity index (χ0n) is 12.9. The van der Waals surface area contributed by atoms with Gasteiger partial charge in [-0.05, 0) is 30.3 Å². The van der Waals surface area contributed by atoms with Crippen molar-refractivity contribution in [3.05, 3.63) is 33.8 Å². The van der Waals surface area contributed by atoms with Crippen LogP contribution in [0.15, 0.2) is 23.4 Å². The molecule has 2 N–H and O–H groups in total. The highest BCUT2D eigenvalue weighted by Gasteiger charge is 2.70. The Morgan fingerprint density at radius 1 is 1.31 bits per heavy atom. The number of carboxylic acids is 1. The van der Waals surface area contributed by atoms with Crippen LogP contribution in [0.4, 0.5) is 13.2 Å². The Bertz CT molecular complexity index is 751. The van der Waals surface area contributed by atoms with Gasteiger partial charge in [0.15, 0.2) is 0 Å². The highest BCUT2D eigenvalue weighted by Crippen LogP contribution is 2.40. The fraction of sp³-hybridized carbons (Fsp3) is 0.357. The average Bonchev–Trinajstić information content (AvgIpc) is 2.91. The van der Waals surface area contributed by atoms with Crippen LogP contribution in [0.5, 0.6) is 0 Å². The monoisotopic (exact) mass is 414 g/mol. The van der Waals surface area contributed by atoms with Crippen LogP contribution in [0.2, 0.25) is 10.0 Å². The fourth-order valence-corrected chi connectivity index (χ4v) is 2.55. The van der Waals surface area contributed by atoms with E-state index in [1.54, 1.807) is 0 Å². The van der Waals surface area contributed by atoms with Crippen LogP contribution in [-0.4, -0.2) is 40.9 Å². The maximum atomic E-state index is 13.5. The third-order valence-electron chi connectivity index (χ3n) is 3.14. The van der Waals surface area contributed by atoms with Gasteiger partial charge in [-0.2, -0.15) is 13.2 Å². The summed E-state index contributed by atoms with van der Waals surface area (Å²) in [6, 6.07) is 2.65. The summed E-state index contributed by atoms with van der Waals surface area (Å²) in [7, 11) is 0. The highest BCUT2D eigenvalue weighted by molar-refractivity contribution is 6.35. The summed E-state index contributed by atoms with van der Waals surface area (Å²) in [5.41, 5.74) is -0.0417. The number of aliphatic carboxylic acids is 1. The highest BCUT2D eigenvalue weighted by atomic mass is 35.5. The van der Waals surface area contributed by atoms with E-state index in [1.807, 2.05) is 5.32 Å². The molecule has 1 unspecified atom stereocenters. The first kappa shape index (κ1) is 20.1. The van der Waals surface area contributed by atoms with E-state index in [4.69, 9.17) is 33.0 Å². The Morgan fingerprint density at radius 3 is 2.38 bits per heavy atom. The lowest BCUT2D eigenvalue weighted by molar-refractivity contribution is -0.324. The number of amides is 1. The first-order chi connectivity index (χ1) is 11.9. The molecule has 1 aromatic rings. The smallest absolute Gasteiger partial charge is 0.480 e. The van der Waals surface area contributed by atoms with E-state index in [9.17, 15) is 22.8 Å². The maximum Gasteiger partial charge on any atom is 0.480 e. The quantitative estimate of drug-likeness (QED) is 0.771. The number of hydrogen-bond donors (Lipinski definition) is 2. The molecule has 0 fully saturated rings. The van der Waals surface area contributed by atoms with Gasteiger partial charge in [0.1, 0.15) is 0 Å². The minimum atomic E-state index is -5.31. The molecule has 0 saturated heterocycles. The van der Waals surface area contributed by atoms with Gasteiger partial charge in [-0.25, -0.2) is 0 Å². The first-order valence-corrected chi connectivity index (χ1v) is 7.71. The predicted octanol–water partition coefficient (Wildman–Crippen LogP) is 2.94. The lowest BCUT2D eigenvalue weighted by atomic mass is 10.1. The predicted molar refractivity (Wildman–Crippen MR) is 83.8 cm³/mol. The number of hydrogen-bond acceptors (Lipinski definition) is 5. The van der Waals surface area contributed by atoms with E-state index in [-0.39, 0.29) is 15.6 Å². The number of halogens is 5. The Labute approximate surface area is 154 Å². The topological polar surface area (TPSA) is 97.2 Å². The number of carbonyl (C=O) groups excluding carboxylic acids is 1. The third kappa shape index (κ3) is 4.13. The first-order valence-electron chi connectivity index (χ1n) is 6.96. The molecule has 1 heterocycles. The van der Waals surface area contributed by atoms with Crippen LogP contribution in [0.1, 0.15) is 18.9 Å². The molecule has 2 atom stereocenters. The van der Waals surface area contributed by atoms with E-state index in [2.05, 4.69) is 9.99 Å². The van der Waals surface area contributed by atoms with Crippen molar-refractivity contribution in [1.29, 1.82) is 0 Å². The largest absolute Gasteiger partial charge is 0.481 e. The lowest BCUT2D eigenvalue weighted by Crippen LogP contribution is -2.60. The van der Waals surface area contributed by atoms with E-state index < -0.39 is 42.2 Å². The normalized spacial score (nSPS) is 20.6. The molecular weight excluding hydrogens is 404 g/mol. The van der Waals surface area contributed by atoms with E-state index in [1.165, 1.54) is 25.1 Å². The van der Waals surface area contributed by atoms with Crippen LogP contribution in [0, 0.1) is 0 Å². The zero-order chi connectivity index (χ0) is 19.7. The van der Waals surface area contributed by atoms with Gasteiger partial charge in [0.25, 0.3) is 5.90 Å². The van der Waals surface area contributed by atoms with Gasteiger partial charge in [-0.1, -0.05) is 23.2 Å². The number of rotatable bonds is 5. The number of benzene rings is 1. The number of oxime groups is 1. The molecule has 0 aromatic heterocycles. The second-order valence-electron chi connectivity index (χ2n) is 5.33. The summed E-state index contributed by atoms with van der Waals surface area (Å²) in [5, 5.41) is 13.9. The Hall–Kier alpha value is -2.20. The van der Waals surface area contributed by atoms with Gasteiger partial charge in [0.2, 0.25) is 0 Å². The summed E-state index contributed by atoms with van der Waals surface area (Å²) in [6.45, 7) is 1.21. The summed E-state index contributed by atoms with van der Waals surface area (Å²) >= 11 is 11.6. The van der Waals surface area contributed by atoms with Crippen molar-refractivity contribution < 1.29 is 37.4 Å². The number of nitrogens with one attached hydrogen (secondary N) is 1. The molecule has 12 heteroatoms. The Balaban J connectivity index is 2.28. The number of alkyl halides is 3. The van der Waals surface area contributed by atoms with Crippen molar-refractivity contribution >= 4 is 41.0 Å². The minimum Gasteiger partial charge on any atom is -0.481 e. The van der Waals surface area contributed by atoms with Crippen molar-refractivity contribution in [2.75, 3.05) is 0 Å². The lowest BCUT2D eigenvalue weighted by Gasteiger charge is -2.27. The number of carboxylic acid groups (broad SMARTS) is 1. The van der Waals surface area contributed by atoms with Crippen LogP contribution in [0.3, 0.4) is 0 Å². The molecule has 0 saturated carbocycles. The minimum absolute atomic E-state index is 0.0417. The molecule has 1 aliphatic rings. The van der Waals surface area contributed by atoms with E-state index in [0.717, 1.165) is 0 Å². The standard InChI is InChI=1S/C14H11Cl2F3N2O5/c1-6(2-10(22)23)20-12(24)13(14(17,18)19)25-11(21-26-13)7-3-8(15)5-9(16)4-7/h3-6H,2H2,1H3,(H,20,24)(H,22,23)/t6-,13?/m0/s1. The molecule has 7 nitrogen and oxygen atoms in total. The molecule has 26 heavy (non-hydrogen) atoms. The number of carbonyl (C=O) groups is 2. The maximum absolute atomic E-state index is 13.5. The van der Waals surface area contributed by atoms with E-state index >= 15 is 0 Å². The Morgan fingerprint density at radius 2 is 1.88 bits per heavy atom. The molecule has 1 amide bonds. The summed E-state index contributed by atoms with van der Waals surface area (Å²) in [6.07, 6.45) is -5.91. The van der Waals surface area contributed by atoms with Crippen molar-refractivity contribution in [2.45, 2.75) is 31.3 Å². The van der Waals surface area contributed by atoms with Gasteiger partial charge in [0.05, 0.1) is 6.42 Å². The second-order valence-corrected chi connectivity index (χ2v) is 6.21. The average molecular weight is 415 g/mol. The molecule has 1 aromatic carbocycles. The summed E-state index contributed by atoms with van der Waals surface area (Å²) in [5.74, 6) is -7.47. The SMILES string of the molecule is C[C@@H](CC(=O)O)NC(=O)C1(C(F)(F)F)ON=C(c2cc(Cl)cc(Cl)c2)O1. The molecule has 1 aliphatic heterocycles. The fourth-order valence-electron chi connectivity index (χ4n) is 2.03. The summed E-state index contributed by atoms with van der Waals surface area (Å²) < 4.78 is 45.1. The summed E-state index contributed by atoms with van der Waals surface area (Å²) in [4.78, 5) is 27.0. The molecule has 0 radical (unpaired) electrons. The molecular formula is C14H11Cl2F3N2O5. The van der Waals surface area contributed by atoms with Crippen LogP contribution >= 0.6 is 23.2 Å². The molecule has 0 spiro atoms. The second kappa shape index (κ2) is 7.20. The van der Waals surface area contributed by atoms with Gasteiger partial charge in [-0.15, -0.1) is 0 Å². The van der Waals surface area contributed by atoms with Gasteiger partial charge in [0, 0.05) is 21.7 Å². The van der Waals surface area contributed by atoms with Crippen molar-refractivity contribution in [3.63, 3.8) is 0 Å². The van der Waals surface area contributed by atoms with Crippen molar-refractivity contribution in [3.8, 4) is 0 Å². The van der Waals surface area contributed by atoms with Crippen molar-refractivity contribution in [2.24, 2.45) is 5.16 Å². The zero-order valence-corrected chi connectivity index (χ0v) is 14.4. The molecule has 0 aliphatic carbocycles. The number of ether oxygens (including phenoxy) is 1. The Kier molecular flexibility index (Phi) is 5.57. The molecule has 142 valence electrons. The van der Waals surface area contributed by atoms with Gasteiger partial charge in [-0.3, -0.25) is 9.59 Å². The molecule has 2 rings (SSSR count). The van der Waals surface area contributed by atoms with Gasteiger partial charge < -0.3 is 20.0 Å².